The predicted octanol–water partition coefficient (Wildman–Crippen LogP) is -0.486. The molecule has 8 nitrogen and oxygen atoms in total. The van der Waals surface area contributed by atoms with Crippen LogP contribution in [0.1, 0.15) is 22.4 Å². The molecule has 0 aromatic carbocycles. The highest BCUT2D eigenvalue weighted by Gasteiger charge is 2.13. The van der Waals surface area contributed by atoms with Gasteiger partial charge in [0, 0.05) is 5.38 Å². The Kier molecular flexibility index (Phi) is 4.60. The first-order valence-electron chi connectivity index (χ1n) is 4.91. The van der Waals surface area contributed by atoms with Gasteiger partial charge in [-0.25, -0.2) is 14.6 Å². The fourth-order valence-corrected chi connectivity index (χ4v) is 1.67. The normalized spacial score (nSPS) is 11.6. The molecular formula is C9H12N4O4S. The van der Waals surface area contributed by atoms with Gasteiger partial charge in [0.25, 0.3) is 0 Å². The number of aromatic nitrogens is 1. The summed E-state index contributed by atoms with van der Waals surface area (Å²) in [5.74, 6) is -1.77. The third kappa shape index (κ3) is 4.01. The second kappa shape index (κ2) is 5.96. The van der Waals surface area contributed by atoms with Gasteiger partial charge in [-0.1, -0.05) is 0 Å². The van der Waals surface area contributed by atoms with E-state index in [4.69, 9.17) is 10.8 Å². The Morgan fingerprint density at radius 1 is 1.56 bits per heavy atom. The van der Waals surface area contributed by atoms with Crippen LogP contribution in [-0.2, 0) is 11.3 Å². The van der Waals surface area contributed by atoms with Crippen LogP contribution in [-0.4, -0.2) is 34.0 Å². The molecule has 1 aromatic heterocycles. The van der Waals surface area contributed by atoms with E-state index in [2.05, 4.69) is 15.6 Å². The number of carbonyl (C=O) groups is 3. The molecule has 0 aliphatic carbocycles. The van der Waals surface area contributed by atoms with Gasteiger partial charge in [0.15, 0.2) is 5.69 Å². The van der Waals surface area contributed by atoms with E-state index in [0.29, 0.717) is 5.01 Å². The quantitative estimate of drug-likeness (QED) is 0.574. The van der Waals surface area contributed by atoms with Gasteiger partial charge in [0.1, 0.15) is 11.0 Å². The molecule has 0 aliphatic heterocycles. The smallest absolute Gasteiger partial charge is 0.355 e. The zero-order valence-electron chi connectivity index (χ0n) is 9.47. The average Bonchev–Trinajstić information content (AvgIpc) is 2.74. The molecule has 0 saturated carbocycles. The highest BCUT2D eigenvalue weighted by Crippen LogP contribution is 2.09. The fraction of sp³-hybridized carbons (Fsp3) is 0.333. The van der Waals surface area contributed by atoms with Gasteiger partial charge in [-0.3, -0.25) is 4.79 Å². The third-order valence-electron chi connectivity index (χ3n) is 1.95. The summed E-state index contributed by atoms with van der Waals surface area (Å²) in [7, 11) is 0. The molecule has 0 bridgehead atoms. The molecule has 18 heavy (non-hydrogen) atoms. The molecule has 1 aromatic rings. The number of nitrogens with zero attached hydrogens (tertiary/aromatic N) is 1. The predicted molar refractivity (Wildman–Crippen MR) is 63.1 cm³/mol. The Morgan fingerprint density at radius 2 is 2.22 bits per heavy atom. The van der Waals surface area contributed by atoms with Crippen molar-refractivity contribution in [2.45, 2.75) is 19.5 Å². The van der Waals surface area contributed by atoms with Gasteiger partial charge >= 0.3 is 12.0 Å². The second-order valence-corrected chi connectivity index (χ2v) is 4.33. The number of hydrogen-bond donors (Lipinski definition) is 4. The highest BCUT2D eigenvalue weighted by atomic mass is 32.1. The number of nitrogens with two attached hydrogens (primary N) is 1. The average molecular weight is 272 g/mol. The van der Waals surface area contributed by atoms with Crippen molar-refractivity contribution in [1.82, 2.24) is 15.6 Å². The lowest BCUT2D eigenvalue weighted by Gasteiger charge is -2.10. The van der Waals surface area contributed by atoms with Crippen molar-refractivity contribution < 1.29 is 19.5 Å². The number of carboxylic acid groups (broad SMARTS) is 1. The van der Waals surface area contributed by atoms with Crippen LogP contribution < -0.4 is 16.4 Å². The molecule has 0 fully saturated rings. The van der Waals surface area contributed by atoms with Crippen molar-refractivity contribution in [2.75, 3.05) is 0 Å². The maximum absolute atomic E-state index is 11.3. The number of hydrogen-bond acceptors (Lipinski definition) is 5. The van der Waals surface area contributed by atoms with Crippen LogP contribution in [0.4, 0.5) is 4.79 Å². The van der Waals surface area contributed by atoms with Gasteiger partial charge < -0.3 is 21.5 Å². The first-order valence-corrected chi connectivity index (χ1v) is 5.79. The van der Waals surface area contributed by atoms with E-state index in [0.717, 1.165) is 11.3 Å². The minimum absolute atomic E-state index is 0.0669. The summed E-state index contributed by atoms with van der Waals surface area (Å²) in [6.07, 6.45) is 0. The van der Waals surface area contributed by atoms with Crippen molar-refractivity contribution in [3.8, 4) is 0 Å². The zero-order valence-corrected chi connectivity index (χ0v) is 10.3. The van der Waals surface area contributed by atoms with Gasteiger partial charge in [-0.05, 0) is 6.92 Å². The molecule has 0 aliphatic rings. The lowest BCUT2D eigenvalue weighted by Crippen LogP contribution is -2.46. The number of carboxylic acids is 1. The molecule has 5 N–H and O–H groups in total. The van der Waals surface area contributed by atoms with Gasteiger partial charge in [-0.15, -0.1) is 11.3 Å². The van der Waals surface area contributed by atoms with Crippen LogP contribution in [0.5, 0.6) is 0 Å². The van der Waals surface area contributed by atoms with Crippen molar-refractivity contribution in [1.29, 1.82) is 0 Å². The van der Waals surface area contributed by atoms with Gasteiger partial charge in [0.2, 0.25) is 5.91 Å². The van der Waals surface area contributed by atoms with Crippen LogP contribution >= 0.6 is 11.3 Å². The largest absolute Gasteiger partial charge is 0.476 e. The molecule has 9 heteroatoms. The van der Waals surface area contributed by atoms with Crippen molar-refractivity contribution in [3.05, 3.63) is 16.1 Å². The van der Waals surface area contributed by atoms with E-state index in [1.165, 1.54) is 12.3 Å². The van der Waals surface area contributed by atoms with E-state index < -0.39 is 23.9 Å². The Bertz CT molecular complexity index is 473. The SMILES string of the molecule is CC(NC(=O)NCc1nc(C(=O)O)cs1)C(N)=O. The molecule has 1 heterocycles. The summed E-state index contributed by atoms with van der Waals surface area (Å²) >= 11 is 1.12. The molecular weight excluding hydrogens is 260 g/mol. The van der Waals surface area contributed by atoms with Crippen molar-refractivity contribution in [3.63, 3.8) is 0 Å². The van der Waals surface area contributed by atoms with E-state index in [9.17, 15) is 14.4 Å². The molecule has 0 radical (unpaired) electrons. The lowest BCUT2D eigenvalue weighted by atomic mass is 10.3. The number of primary amides is 1. The highest BCUT2D eigenvalue weighted by molar-refractivity contribution is 7.09. The zero-order chi connectivity index (χ0) is 13.7. The molecule has 1 rings (SSSR count). The molecule has 0 spiro atoms. The number of rotatable bonds is 5. The number of carbonyl (C=O) groups excluding carboxylic acids is 2. The Labute approximate surface area is 106 Å². The van der Waals surface area contributed by atoms with E-state index in [1.54, 1.807) is 0 Å². The number of nitrogens with one attached hydrogen (secondary N) is 2. The maximum Gasteiger partial charge on any atom is 0.355 e. The number of aromatic carboxylic acids is 1. The molecule has 0 saturated heterocycles. The van der Waals surface area contributed by atoms with Crippen LogP contribution in [0.3, 0.4) is 0 Å². The molecule has 98 valence electrons. The lowest BCUT2D eigenvalue weighted by molar-refractivity contribution is -0.119. The minimum Gasteiger partial charge on any atom is -0.476 e. The molecule has 1 atom stereocenters. The summed E-state index contributed by atoms with van der Waals surface area (Å²) in [5, 5.41) is 15.2. The van der Waals surface area contributed by atoms with Crippen LogP contribution in [0.15, 0.2) is 5.38 Å². The summed E-state index contributed by atoms with van der Waals surface area (Å²) in [4.78, 5) is 36.3. The fourth-order valence-electron chi connectivity index (χ4n) is 0.965. The minimum atomic E-state index is -1.12. The Morgan fingerprint density at radius 3 is 2.72 bits per heavy atom. The van der Waals surface area contributed by atoms with Crippen molar-refractivity contribution >= 4 is 29.2 Å². The maximum atomic E-state index is 11.3. The number of thiazole rings is 1. The standard InChI is InChI=1S/C9H12N4O4S/c1-4(7(10)14)12-9(17)11-2-6-13-5(3-18-6)8(15)16/h3-4H,2H2,1H3,(H2,10,14)(H,15,16)(H2,11,12,17). The summed E-state index contributed by atoms with van der Waals surface area (Å²) in [6.45, 7) is 1.53. The van der Waals surface area contributed by atoms with Crippen LogP contribution in [0.2, 0.25) is 0 Å². The van der Waals surface area contributed by atoms with Crippen LogP contribution in [0.25, 0.3) is 0 Å². The third-order valence-corrected chi connectivity index (χ3v) is 2.79. The van der Waals surface area contributed by atoms with Crippen LogP contribution in [0, 0.1) is 0 Å². The van der Waals surface area contributed by atoms with Crippen molar-refractivity contribution in [2.24, 2.45) is 5.73 Å². The Hall–Kier alpha value is -2.16. The summed E-state index contributed by atoms with van der Waals surface area (Å²) in [6, 6.07) is -1.36. The first-order chi connectivity index (χ1) is 8.40. The second-order valence-electron chi connectivity index (χ2n) is 3.38. The molecule has 1 unspecified atom stereocenters. The number of urea groups is 1. The summed E-state index contributed by atoms with van der Waals surface area (Å²) in [5.41, 5.74) is 4.90. The van der Waals surface area contributed by atoms with E-state index >= 15 is 0 Å². The van der Waals surface area contributed by atoms with E-state index in [1.807, 2.05) is 0 Å². The molecule has 3 amide bonds. The van der Waals surface area contributed by atoms with Gasteiger partial charge in [0.05, 0.1) is 6.54 Å². The summed E-state index contributed by atoms with van der Waals surface area (Å²) < 4.78 is 0. The first kappa shape index (κ1) is 13.9. The number of amides is 3. The Balaban J connectivity index is 2.42. The topological polar surface area (TPSA) is 134 Å². The van der Waals surface area contributed by atoms with Gasteiger partial charge in [-0.2, -0.15) is 0 Å². The van der Waals surface area contributed by atoms with E-state index in [-0.39, 0.29) is 12.2 Å². The monoisotopic (exact) mass is 272 g/mol.